The summed E-state index contributed by atoms with van der Waals surface area (Å²) in [5, 5.41) is 10.5. The van der Waals surface area contributed by atoms with Crippen LogP contribution in [0.2, 0.25) is 0 Å². The third-order valence-corrected chi connectivity index (χ3v) is 6.59. The molecule has 0 radical (unpaired) electrons. The number of halogens is 3. The van der Waals surface area contributed by atoms with E-state index in [1.54, 1.807) is 24.4 Å². The van der Waals surface area contributed by atoms with Crippen LogP contribution < -0.4 is 20.6 Å². The Morgan fingerprint density at radius 2 is 1.86 bits per heavy atom. The van der Waals surface area contributed by atoms with Gasteiger partial charge in [-0.1, -0.05) is 6.07 Å². The molecule has 12 nitrogen and oxygen atoms in total. The molecule has 196 valence electrons. The Morgan fingerprint density at radius 1 is 1.11 bits per heavy atom. The summed E-state index contributed by atoms with van der Waals surface area (Å²) in [6.45, 7) is 0.0375. The number of urea groups is 1. The molecule has 1 aromatic carbocycles. The van der Waals surface area contributed by atoms with Gasteiger partial charge in [-0.15, -0.1) is 0 Å². The molecule has 4 rings (SSSR count). The maximum absolute atomic E-state index is 13.4. The number of pyridine rings is 1. The highest BCUT2D eigenvalue weighted by molar-refractivity contribution is 7.91. The van der Waals surface area contributed by atoms with Gasteiger partial charge in [0.2, 0.25) is 11.8 Å². The summed E-state index contributed by atoms with van der Waals surface area (Å²) in [4.78, 5) is 28.9. The Morgan fingerprint density at radius 3 is 2.54 bits per heavy atom. The van der Waals surface area contributed by atoms with Crippen LogP contribution in [0, 0.1) is 0 Å². The highest BCUT2D eigenvalue weighted by Gasteiger charge is 2.33. The van der Waals surface area contributed by atoms with Crippen molar-refractivity contribution in [3.8, 4) is 0 Å². The second-order valence-electron chi connectivity index (χ2n) is 7.92. The van der Waals surface area contributed by atoms with Gasteiger partial charge in [-0.2, -0.15) is 13.2 Å². The number of benzene rings is 1. The lowest BCUT2D eigenvalue weighted by Crippen LogP contribution is -2.42. The Balaban J connectivity index is 1.44. The van der Waals surface area contributed by atoms with Gasteiger partial charge in [-0.25, -0.2) is 13.2 Å². The molecular formula is C21H20F3N6O6S+. The zero-order valence-corrected chi connectivity index (χ0v) is 19.7. The smallest absolute Gasteiger partial charge is 0.366 e. The summed E-state index contributed by atoms with van der Waals surface area (Å²) in [7, 11) is -3.52. The van der Waals surface area contributed by atoms with Gasteiger partial charge in [0.15, 0.2) is 15.9 Å². The largest absolute Gasteiger partial charge is 0.416 e. The van der Waals surface area contributed by atoms with Crippen molar-refractivity contribution in [1.82, 2.24) is 10.3 Å². The van der Waals surface area contributed by atoms with Crippen LogP contribution in [-0.4, -0.2) is 54.8 Å². The second-order valence-corrected chi connectivity index (χ2v) is 10.2. The van der Waals surface area contributed by atoms with Crippen LogP contribution in [0.5, 0.6) is 0 Å². The average Bonchev–Trinajstić information content (AvgIpc) is 3.24. The van der Waals surface area contributed by atoms with Gasteiger partial charge in [0.05, 0.1) is 23.7 Å². The van der Waals surface area contributed by atoms with E-state index in [1.165, 1.54) is 10.9 Å². The minimum absolute atomic E-state index is 0.0930. The molecule has 16 heteroatoms. The lowest BCUT2D eigenvalue weighted by atomic mass is 10.1. The molecule has 0 saturated carbocycles. The number of sulfone groups is 1. The highest BCUT2D eigenvalue weighted by Crippen LogP contribution is 2.33. The molecule has 1 saturated heterocycles. The Kier molecular flexibility index (Phi) is 7.40. The van der Waals surface area contributed by atoms with Crippen molar-refractivity contribution in [3.05, 3.63) is 60.0 Å². The van der Waals surface area contributed by atoms with Gasteiger partial charge in [0.1, 0.15) is 5.69 Å². The molecule has 1 atom stereocenters. The van der Waals surface area contributed by atoms with E-state index in [4.69, 9.17) is 9.26 Å². The first kappa shape index (κ1) is 26.0. The quantitative estimate of drug-likeness (QED) is 0.399. The number of alkyl halides is 3. The van der Waals surface area contributed by atoms with E-state index in [-0.39, 0.29) is 36.2 Å². The van der Waals surface area contributed by atoms with Gasteiger partial charge in [-0.3, -0.25) is 19.6 Å². The number of carbonyl (C=O) groups is 2. The van der Waals surface area contributed by atoms with Crippen LogP contribution in [0.3, 0.4) is 0 Å². The average molecular weight is 541 g/mol. The van der Waals surface area contributed by atoms with Crippen molar-refractivity contribution >= 4 is 39.0 Å². The van der Waals surface area contributed by atoms with Gasteiger partial charge < -0.3 is 15.4 Å². The van der Waals surface area contributed by atoms with E-state index in [0.717, 1.165) is 6.07 Å². The Labute approximate surface area is 207 Å². The number of nitrogens with one attached hydrogen (secondary N) is 3. The lowest BCUT2D eigenvalue weighted by molar-refractivity contribution is -0.755. The first-order valence-corrected chi connectivity index (χ1v) is 12.5. The van der Waals surface area contributed by atoms with Crippen molar-refractivity contribution in [2.24, 2.45) is 0 Å². The van der Waals surface area contributed by atoms with Crippen molar-refractivity contribution < 1.29 is 45.1 Å². The van der Waals surface area contributed by atoms with E-state index in [1.807, 2.05) is 0 Å². The number of ether oxygens (including phenoxy) is 1. The normalized spacial score (nSPS) is 17.1. The maximum atomic E-state index is 13.4. The molecule has 1 fully saturated rings. The standard InChI is InChI=1S/C21H19F3N6O6S/c22-21(23,24)13-7-15(26-19(31)17-12-37(33,34)6-5-35-17)9-16(8-13)27-20(32)28-18-11-30(29-36-18)10-14-3-1-2-4-25-14/h1-4,7-9,11,17H,5-6,10,12H2,(H2-,26,27,28,29,31,32)/p+1. The molecule has 0 spiro atoms. The van der Waals surface area contributed by atoms with Gasteiger partial charge in [0, 0.05) is 17.6 Å². The molecule has 3 amide bonds. The minimum Gasteiger partial charge on any atom is -0.366 e. The number of hydrogen-bond donors (Lipinski definition) is 3. The monoisotopic (exact) mass is 541 g/mol. The fourth-order valence-electron chi connectivity index (χ4n) is 3.33. The Hall–Kier alpha value is -4.05. The first-order valence-electron chi connectivity index (χ1n) is 10.7. The molecule has 37 heavy (non-hydrogen) atoms. The summed E-state index contributed by atoms with van der Waals surface area (Å²) < 4.78 is 75.3. The second kappa shape index (κ2) is 10.5. The predicted molar refractivity (Wildman–Crippen MR) is 121 cm³/mol. The summed E-state index contributed by atoms with van der Waals surface area (Å²) >= 11 is 0. The minimum atomic E-state index is -4.81. The third kappa shape index (κ3) is 7.23. The van der Waals surface area contributed by atoms with E-state index in [9.17, 15) is 31.2 Å². The molecule has 0 bridgehead atoms. The summed E-state index contributed by atoms with van der Waals surface area (Å²) in [5.41, 5.74) is -1.12. The van der Waals surface area contributed by atoms with E-state index < -0.39 is 45.4 Å². The van der Waals surface area contributed by atoms with Crippen molar-refractivity contribution in [3.63, 3.8) is 0 Å². The molecule has 0 aliphatic carbocycles. The molecule has 2 aromatic heterocycles. The van der Waals surface area contributed by atoms with Crippen LogP contribution in [-0.2, 0) is 32.1 Å². The van der Waals surface area contributed by atoms with Crippen LogP contribution in [0.4, 0.5) is 35.2 Å². The lowest BCUT2D eigenvalue weighted by Gasteiger charge is -2.22. The van der Waals surface area contributed by atoms with Crippen molar-refractivity contribution in [2.45, 2.75) is 18.8 Å². The molecule has 1 aliphatic heterocycles. The molecule has 1 unspecified atom stereocenters. The van der Waals surface area contributed by atoms with E-state index in [0.29, 0.717) is 17.8 Å². The molecule has 1 aliphatic rings. The molecule has 3 N–H and O–H groups in total. The van der Waals surface area contributed by atoms with Crippen LogP contribution in [0.15, 0.2) is 53.3 Å². The van der Waals surface area contributed by atoms with E-state index >= 15 is 0 Å². The summed E-state index contributed by atoms with van der Waals surface area (Å²) in [6, 6.07) is 6.72. The topological polar surface area (TPSA) is 156 Å². The van der Waals surface area contributed by atoms with Crippen molar-refractivity contribution in [2.75, 3.05) is 34.1 Å². The number of rotatable bonds is 6. The fraction of sp³-hybridized carbons (Fsp3) is 0.286. The number of anilines is 3. The number of aromatic nitrogens is 3. The molecule has 3 heterocycles. The van der Waals surface area contributed by atoms with Gasteiger partial charge in [0.25, 0.3) is 12.1 Å². The number of amides is 3. The maximum Gasteiger partial charge on any atom is 0.416 e. The zero-order valence-electron chi connectivity index (χ0n) is 18.9. The fourth-order valence-corrected chi connectivity index (χ4v) is 4.56. The highest BCUT2D eigenvalue weighted by atomic mass is 32.2. The summed E-state index contributed by atoms with van der Waals surface area (Å²) in [5.74, 6) is -1.87. The predicted octanol–water partition coefficient (Wildman–Crippen LogP) is 1.82. The van der Waals surface area contributed by atoms with Crippen LogP contribution >= 0.6 is 0 Å². The van der Waals surface area contributed by atoms with Crippen molar-refractivity contribution in [1.29, 1.82) is 0 Å². The number of nitrogens with zero attached hydrogens (tertiary/aromatic N) is 3. The third-order valence-electron chi connectivity index (χ3n) is 4.99. The number of hydrogen-bond acceptors (Lipinski definition) is 8. The zero-order chi connectivity index (χ0) is 26.6. The van der Waals surface area contributed by atoms with E-state index in [2.05, 4.69) is 26.2 Å². The molecular weight excluding hydrogens is 521 g/mol. The number of carbonyl (C=O) groups excluding carboxylic acids is 2. The first-order chi connectivity index (χ1) is 17.5. The van der Waals surface area contributed by atoms with Crippen LogP contribution in [0.25, 0.3) is 0 Å². The van der Waals surface area contributed by atoms with Gasteiger partial charge >= 0.3 is 18.1 Å². The van der Waals surface area contributed by atoms with Crippen LogP contribution in [0.1, 0.15) is 11.3 Å². The SMILES string of the molecule is O=C(Nc1cc(NC(=O)C2CS(=O)(=O)CCO2)cc(C(F)(F)F)c1)Nc1c[n+](Cc2ccccn2)no1. The van der Waals surface area contributed by atoms with Gasteiger partial charge in [-0.05, 0) is 35.0 Å². The summed E-state index contributed by atoms with van der Waals surface area (Å²) in [6.07, 6.45) is -3.24. The molecule has 3 aromatic rings. The Bertz CT molecular complexity index is 1400.